The summed E-state index contributed by atoms with van der Waals surface area (Å²) in [4.78, 5) is 32.6. The number of hydrogen-bond acceptors (Lipinski definition) is 5. The zero-order valence-corrected chi connectivity index (χ0v) is 10.9. The van der Waals surface area contributed by atoms with Gasteiger partial charge in [-0.2, -0.15) is 0 Å². The summed E-state index contributed by atoms with van der Waals surface area (Å²) in [7, 11) is 3.00. The van der Waals surface area contributed by atoms with Crippen molar-refractivity contribution in [3.05, 3.63) is 0 Å². The van der Waals surface area contributed by atoms with Crippen LogP contribution in [-0.2, 0) is 19.1 Å². The van der Waals surface area contributed by atoms with Crippen molar-refractivity contribution < 1.29 is 29.0 Å². The molecule has 0 spiro atoms. The molecule has 0 heterocycles. The van der Waals surface area contributed by atoms with Crippen LogP contribution in [0.4, 0.5) is 4.79 Å². The Morgan fingerprint density at radius 2 is 1.79 bits per heavy atom. The standard InChI is InChI=1S/C10H19N3O6/c1-18-6-7(19-2)3-12-10(17)13-4-8(14)11-5-9(15)16/h7H,3-6H2,1-2H3,(H,11,14)(H,15,16)(H2,12,13,17). The summed E-state index contributed by atoms with van der Waals surface area (Å²) in [5.41, 5.74) is 0. The van der Waals surface area contributed by atoms with E-state index in [0.717, 1.165) is 0 Å². The molecule has 0 aromatic carbocycles. The van der Waals surface area contributed by atoms with Gasteiger partial charge < -0.3 is 30.5 Å². The van der Waals surface area contributed by atoms with Crippen LogP contribution in [0.3, 0.4) is 0 Å². The fourth-order valence-electron chi connectivity index (χ4n) is 1.06. The molecule has 0 rings (SSSR count). The maximum absolute atomic E-state index is 11.3. The fourth-order valence-corrected chi connectivity index (χ4v) is 1.06. The lowest BCUT2D eigenvalue weighted by Crippen LogP contribution is -2.45. The monoisotopic (exact) mass is 277 g/mol. The highest BCUT2D eigenvalue weighted by Gasteiger charge is 2.10. The third-order valence-electron chi connectivity index (χ3n) is 2.02. The number of hydrogen-bond donors (Lipinski definition) is 4. The molecule has 1 atom stereocenters. The Kier molecular flexibility index (Phi) is 9.10. The molecule has 0 aliphatic rings. The molecule has 0 aromatic heterocycles. The van der Waals surface area contributed by atoms with Gasteiger partial charge in [0.15, 0.2) is 0 Å². The first-order valence-electron chi connectivity index (χ1n) is 5.51. The van der Waals surface area contributed by atoms with Crippen LogP contribution in [0.2, 0.25) is 0 Å². The van der Waals surface area contributed by atoms with Crippen LogP contribution in [-0.4, -0.2) is 69.6 Å². The minimum atomic E-state index is -1.15. The number of amides is 3. The summed E-state index contributed by atoms with van der Waals surface area (Å²) < 4.78 is 9.88. The number of methoxy groups -OCH3 is 2. The molecular formula is C10H19N3O6. The molecule has 0 aromatic rings. The van der Waals surface area contributed by atoms with Gasteiger partial charge in [-0.1, -0.05) is 0 Å². The molecule has 3 amide bonds. The van der Waals surface area contributed by atoms with E-state index < -0.39 is 24.5 Å². The highest BCUT2D eigenvalue weighted by Crippen LogP contribution is 1.88. The predicted molar refractivity (Wildman–Crippen MR) is 64.7 cm³/mol. The molecule has 9 nitrogen and oxygen atoms in total. The lowest BCUT2D eigenvalue weighted by molar-refractivity contribution is -0.137. The maximum atomic E-state index is 11.3. The first-order chi connectivity index (χ1) is 8.99. The van der Waals surface area contributed by atoms with Gasteiger partial charge in [-0.3, -0.25) is 9.59 Å². The molecule has 4 N–H and O–H groups in total. The highest BCUT2D eigenvalue weighted by molar-refractivity contribution is 5.86. The predicted octanol–water partition coefficient (Wildman–Crippen LogP) is -1.85. The Morgan fingerprint density at radius 3 is 2.32 bits per heavy atom. The average molecular weight is 277 g/mol. The van der Waals surface area contributed by atoms with Crippen LogP contribution in [0.25, 0.3) is 0 Å². The summed E-state index contributed by atoms with van der Waals surface area (Å²) in [6.45, 7) is -0.231. The van der Waals surface area contributed by atoms with Crippen molar-refractivity contribution in [1.29, 1.82) is 0 Å². The van der Waals surface area contributed by atoms with Crippen LogP contribution >= 0.6 is 0 Å². The Morgan fingerprint density at radius 1 is 1.11 bits per heavy atom. The van der Waals surface area contributed by atoms with E-state index in [1.807, 2.05) is 0 Å². The average Bonchev–Trinajstić information content (AvgIpc) is 2.38. The number of carbonyl (C=O) groups is 3. The summed E-state index contributed by atoms with van der Waals surface area (Å²) >= 11 is 0. The molecule has 110 valence electrons. The second-order valence-corrected chi connectivity index (χ2v) is 3.55. The third kappa shape index (κ3) is 9.80. The van der Waals surface area contributed by atoms with Crippen LogP contribution < -0.4 is 16.0 Å². The number of rotatable bonds is 9. The van der Waals surface area contributed by atoms with Crippen molar-refractivity contribution in [2.75, 3.05) is 40.5 Å². The Labute approximate surface area is 110 Å². The number of carboxylic acids is 1. The van der Waals surface area contributed by atoms with E-state index in [1.165, 1.54) is 14.2 Å². The number of aliphatic carboxylic acids is 1. The minimum Gasteiger partial charge on any atom is -0.480 e. The van der Waals surface area contributed by atoms with E-state index in [9.17, 15) is 14.4 Å². The van der Waals surface area contributed by atoms with Gasteiger partial charge in [-0.05, 0) is 0 Å². The second-order valence-electron chi connectivity index (χ2n) is 3.55. The molecule has 0 aliphatic carbocycles. The molecule has 0 bridgehead atoms. The van der Waals surface area contributed by atoms with Crippen molar-refractivity contribution in [2.24, 2.45) is 0 Å². The number of urea groups is 1. The van der Waals surface area contributed by atoms with E-state index >= 15 is 0 Å². The topological polar surface area (TPSA) is 126 Å². The molecule has 0 saturated heterocycles. The zero-order valence-electron chi connectivity index (χ0n) is 10.9. The number of carboxylic acid groups (broad SMARTS) is 1. The summed E-state index contributed by atoms with van der Waals surface area (Å²) in [5, 5.41) is 15.2. The number of carbonyl (C=O) groups excluding carboxylic acids is 2. The van der Waals surface area contributed by atoms with Gasteiger partial charge in [-0.25, -0.2) is 4.79 Å². The van der Waals surface area contributed by atoms with Crippen molar-refractivity contribution >= 4 is 17.9 Å². The van der Waals surface area contributed by atoms with Crippen molar-refractivity contribution in [2.45, 2.75) is 6.10 Å². The van der Waals surface area contributed by atoms with E-state index in [4.69, 9.17) is 14.6 Å². The molecule has 1 unspecified atom stereocenters. The Hall–Kier alpha value is -1.87. The first kappa shape index (κ1) is 17.1. The van der Waals surface area contributed by atoms with E-state index in [1.54, 1.807) is 0 Å². The SMILES string of the molecule is COCC(CNC(=O)NCC(=O)NCC(=O)O)OC. The quantitative estimate of drug-likeness (QED) is 0.392. The molecular weight excluding hydrogens is 258 g/mol. The molecule has 0 aliphatic heterocycles. The van der Waals surface area contributed by atoms with E-state index in [2.05, 4.69) is 16.0 Å². The smallest absolute Gasteiger partial charge is 0.322 e. The molecule has 19 heavy (non-hydrogen) atoms. The maximum Gasteiger partial charge on any atom is 0.322 e. The van der Waals surface area contributed by atoms with Crippen LogP contribution in [0.1, 0.15) is 0 Å². The van der Waals surface area contributed by atoms with Crippen molar-refractivity contribution in [3.63, 3.8) is 0 Å². The van der Waals surface area contributed by atoms with Gasteiger partial charge in [0.25, 0.3) is 0 Å². The van der Waals surface area contributed by atoms with Gasteiger partial charge in [0.05, 0.1) is 19.3 Å². The molecule has 0 radical (unpaired) electrons. The Balaban J connectivity index is 3.74. The van der Waals surface area contributed by atoms with Crippen molar-refractivity contribution in [1.82, 2.24) is 16.0 Å². The summed E-state index contributed by atoms with van der Waals surface area (Å²) in [5.74, 6) is -1.74. The van der Waals surface area contributed by atoms with Gasteiger partial charge in [0.1, 0.15) is 6.54 Å². The van der Waals surface area contributed by atoms with Crippen LogP contribution in [0.15, 0.2) is 0 Å². The molecule has 0 fully saturated rings. The summed E-state index contributed by atoms with van der Waals surface area (Å²) in [6.07, 6.45) is -0.281. The van der Waals surface area contributed by atoms with Gasteiger partial charge >= 0.3 is 12.0 Å². The lowest BCUT2D eigenvalue weighted by atomic mass is 10.4. The molecule has 0 saturated carbocycles. The van der Waals surface area contributed by atoms with Gasteiger partial charge in [-0.15, -0.1) is 0 Å². The second kappa shape index (κ2) is 10.1. The highest BCUT2D eigenvalue weighted by atomic mass is 16.5. The van der Waals surface area contributed by atoms with E-state index in [-0.39, 0.29) is 19.2 Å². The van der Waals surface area contributed by atoms with Crippen molar-refractivity contribution in [3.8, 4) is 0 Å². The third-order valence-corrected chi connectivity index (χ3v) is 2.02. The Bertz CT molecular complexity index is 310. The van der Waals surface area contributed by atoms with Gasteiger partial charge in [0, 0.05) is 20.8 Å². The van der Waals surface area contributed by atoms with Crippen LogP contribution in [0, 0.1) is 0 Å². The summed E-state index contributed by atoms with van der Waals surface area (Å²) in [6, 6.07) is -0.552. The fraction of sp³-hybridized carbons (Fsp3) is 0.700. The minimum absolute atomic E-state index is 0.229. The number of ether oxygens (including phenoxy) is 2. The first-order valence-corrected chi connectivity index (χ1v) is 5.51. The normalized spacial score (nSPS) is 11.5. The lowest BCUT2D eigenvalue weighted by Gasteiger charge is -2.15. The molecule has 9 heteroatoms. The largest absolute Gasteiger partial charge is 0.480 e. The number of nitrogens with one attached hydrogen (secondary N) is 3. The zero-order chi connectivity index (χ0) is 14.7. The van der Waals surface area contributed by atoms with Gasteiger partial charge in [0.2, 0.25) is 5.91 Å². The van der Waals surface area contributed by atoms with Crippen LogP contribution in [0.5, 0.6) is 0 Å². The van der Waals surface area contributed by atoms with E-state index in [0.29, 0.717) is 6.61 Å².